The van der Waals surface area contributed by atoms with E-state index in [1.807, 2.05) is 0 Å². The minimum Gasteiger partial charge on any atom is -0.495 e. The van der Waals surface area contributed by atoms with Gasteiger partial charge < -0.3 is 14.7 Å². The van der Waals surface area contributed by atoms with Gasteiger partial charge in [-0.05, 0) is 30.5 Å². The van der Waals surface area contributed by atoms with E-state index in [4.69, 9.17) is 16.3 Å². The van der Waals surface area contributed by atoms with Gasteiger partial charge in [0.05, 0.1) is 12.1 Å². The van der Waals surface area contributed by atoms with Crippen molar-refractivity contribution < 1.29 is 19.4 Å². The van der Waals surface area contributed by atoms with Gasteiger partial charge in [-0.25, -0.2) is 4.79 Å². The van der Waals surface area contributed by atoms with Crippen LogP contribution in [0.4, 0.5) is 0 Å². The van der Waals surface area contributed by atoms with Gasteiger partial charge in [0, 0.05) is 13.0 Å². The summed E-state index contributed by atoms with van der Waals surface area (Å²) in [5.74, 6) is -0.833. The Morgan fingerprint density at radius 3 is 2.50 bits per heavy atom. The molecule has 1 fully saturated rings. The first-order chi connectivity index (χ1) is 9.45. The van der Waals surface area contributed by atoms with Gasteiger partial charge in [0.2, 0.25) is 5.91 Å². The Labute approximate surface area is 122 Å². The van der Waals surface area contributed by atoms with Crippen LogP contribution < -0.4 is 4.74 Å². The molecule has 0 bridgehead atoms. The zero-order valence-corrected chi connectivity index (χ0v) is 12.1. The Balaban J connectivity index is 2.39. The second-order valence-corrected chi connectivity index (χ2v) is 5.20. The molecular formula is C14H16ClNO4. The van der Waals surface area contributed by atoms with Crippen molar-refractivity contribution in [3.8, 4) is 5.75 Å². The molecule has 0 aliphatic heterocycles. The standard InChI is InChI=1S/C14H16ClNO4/c1-8(17)16(10-4-5-10)13(14(18)19)9-3-6-12(20-2)11(15)7-9/h3,6-7,10,13H,4-5H2,1-2H3,(H,18,19). The summed E-state index contributed by atoms with van der Waals surface area (Å²) in [5, 5.41) is 9.80. The number of rotatable bonds is 5. The maximum Gasteiger partial charge on any atom is 0.331 e. The van der Waals surface area contributed by atoms with E-state index in [2.05, 4.69) is 0 Å². The molecule has 1 atom stereocenters. The van der Waals surface area contributed by atoms with Gasteiger partial charge in [-0.15, -0.1) is 0 Å². The van der Waals surface area contributed by atoms with Crippen LogP contribution in [-0.2, 0) is 9.59 Å². The predicted octanol–water partition coefficient (Wildman–Crippen LogP) is 2.49. The molecule has 2 rings (SSSR count). The molecule has 1 aliphatic carbocycles. The zero-order valence-electron chi connectivity index (χ0n) is 11.3. The molecule has 20 heavy (non-hydrogen) atoms. The fourth-order valence-electron chi connectivity index (χ4n) is 2.28. The number of methoxy groups -OCH3 is 1. The Bertz CT molecular complexity index is 542. The summed E-state index contributed by atoms with van der Waals surface area (Å²) in [6, 6.07) is 3.77. The minimum absolute atomic E-state index is 0.00878. The lowest BCUT2D eigenvalue weighted by atomic mass is 10.0. The van der Waals surface area contributed by atoms with E-state index in [1.54, 1.807) is 12.1 Å². The lowest BCUT2D eigenvalue weighted by Gasteiger charge is -2.28. The quantitative estimate of drug-likeness (QED) is 0.906. The number of carboxylic acids is 1. The van der Waals surface area contributed by atoms with E-state index in [-0.39, 0.29) is 11.9 Å². The highest BCUT2D eigenvalue weighted by Crippen LogP contribution is 2.36. The minimum atomic E-state index is -1.06. The van der Waals surface area contributed by atoms with Crippen molar-refractivity contribution in [2.45, 2.75) is 31.8 Å². The molecule has 1 amide bonds. The highest BCUT2D eigenvalue weighted by Gasteiger charge is 2.40. The number of aliphatic carboxylic acids is 1. The first-order valence-electron chi connectivity index (χ1n) is 6.31. The number of carbonyl (C=O) groups is 2. The molecule has 0 heterocycles. The average Bonchev–Trinajstić information content (AvgIpc) is 3.18. The summed E-state index contributed by atoms with van der Waals surface area (Å²) in [6.07, 6.45) is 1.68. The molecule has 1 aliphatic rings. The zero-order chi connectivity index (χ0) is 14.9. The molecule has 1 aromatic rings. The second kappa shape index (κ2) is 5.71. The van der Waals surface area contributed by atoms with Crippen molar-refractivity contribution in [3.63, 3.8) is 0 Å². The maximum atomic E-state index is 11.8. The number of ether oxygens (including phenoxy) is 1. The number of carboxylic acid groups (broad SMARTS) is 1. The highest BCUT2D eigenvalue weighted by atomic mass is 35.5. The monoisotopic (exact) mass is 297 g/mol. The summed E-state index contributed by atoms with van der Waals surface area (Å²) in [7, 11) is 1.49. The molecule has 5 nitrogen and oxygen atoms in total. The predicted molar refractivity (Wildman–Crippen MR) is 73.9 cm³/mol. The summed E-state index contributed by atoms with van der Waals surface area (Å²) < 4.78 is 5.05. The third-order valence-corrected chi connectivity index (χ3v) is 3.60. The number of amides is 1. The Morgan fingerprint density at radius 1 is 1.45 bits per heavy atom. The second-order valence-electron chi connectivity index (χ2n) is 4.79. The van der Waals surface area contributed by atoms with E-state index in [0.29, 0.717) is 16.3 Å². The Morgan fingerprint density at radius 2 is 2.10 bits per heavy atom. The molecule has 1 saturated carbocycles. The van der Waals surface area contributed by atoms with Gasteiger partial charge in [-0.3, -0.25) is 4.79 Å². The third-order valence-electron chi connectivity index (χ3n) is 3.31. The molecule has 0 spiro atoms. The van der Waals surface area contributed by atoms with Crippen LogP contribution in [0.3, 0.4) is 0 Å². The fraction of sp³-hybridized carbons (Fsp3) is 0.429. The highest BCUT2D eigenvalue weighted by molar-refractivity contribution is 6.32. The lowest BCUT2D eigenvalue weighted by Crippen LogP contribution is -2.39. The van der Waals surface area contributed by atoms with Gasteiger partial charge in [0.1, 0.15) is 5.75 Å². The third kappa shape index (κ3) is 2.88. The van der Waals surface area contributed by atoms with E-state index >= 15 is 0 Å². The smallest absolute Gasteiger partial charge is 0.331 e. The van der Waals surface area contributed by atoms with Crippen LogP contribution in [-0.4, -0.2) is 35.0 Å². The van der Waals surface area contributed by atoms with Crippen LogP contribution in [0.15, 0.2) is 18.2 Å². The number of carbonyl (C=O) groups excluding carboxylic acids is 1. The lowest BCUT2D eigenvalue weighted by molar-refractivity contribution is -0.150. The van der Waals surface area contributed by atoms with Crippen molar-refractivity contribution in [1.82, 2.24) is 4.90 Å². The fourth-order valence-corrected chi connectivity index (χ4v) is 2.54. The van der Waals surface area contributed by atoms with Crippen LogP contribution in [0.1, 0.15) is 31.4 Å². The van der Waals surface area contributed by atoms with Crippen molar-refractivity contribution in [1.29, 1.82) is 0 Å². The van der Waals surface area contributed by atoms with Gasteiger partial charge in [0.25, 0.3) is 0 Å². The summed E-state index contributed by atoms with van der Waals surface area (Å²) in [4.78, 5) is 24.8. The molecule has 6 heteroatoms. The summed E-state index contributed by atoms with van der Waals surface area (Å²) in [6.45, 7) is 1.39. The van der Waals surface area contributed by atoms with Crippen molar-refractivity contribution in [2.24, 2.45) is 0 Å². The van der Waals surface area contributed by atoms with Gasteiger partial charge in [-0.2, -0.15) is 0 Å². The van der Waals surface area contributed by atoms with Crippen LogP contribution in [0, 0.1) is 0 Å². The van der Waals surface area contributed by atoms with Crippen molar-refractivity contribution >= 4 is 23.5 Å². The Kier molecular flexibility index (Phi) is 4.18. The van der Waals surface area contributed by atoms with Crippen LogP contribution in [0.25, 0.3) is 0 Å². The number of halogens is 1. The number of benzene rings is 1. The van der Waals surface area contributed by atoms with Crippen molar-refractivity contribution in [3.05, 3.63) is 28.8 Å². The van der Waals surface area contributed by atoms with E-state index in [0.717, 1.165) is 12.8 Å². The summed E-state index contributed by atoms with van der Waals surface area (Å²) >= 11 is 6.04. The first-order valence-corrected chi connectivity index (χ1v) is 6.68. The number of hydrogen-bond acceptors (Lipinski definition) is 3. The summed E-state index contributed by atoms with van der Waals surface area (Å²) in [5.41, 5.74) is 0.477. The number of hydrogen-bond donors (Lipinski definition) is 1. The van der Waals surface area contributed by atoms with Crippen LogP contribution >= 0.6 is 11.6 Å². The number of nitrogens with zero attached hydrogens (tertiary/aromatic N) is 1. The molecule has 0 saturated heterocycles. The molecule has 1 unspecified atom stereocenters. The van der Waals surface area contributed by atoms with Gasteiger partial charge >= 0.3 is 5.97 Å². The molecule has 0 aromatic heterocycles. The molecular weight excluding hydrogens is 282 g/mol. The van der Waals surface area contributed by atoms with Crippen LogP contribution in [0.5, 0.6) is 5.75 Å². The molecule has 108 valence electrons. The first kappa shape index (κ1) is 14.7. The molecule has 1 N–H and O–H groups in total. The largest absolute Gasteiger partial charge is 0.495 e. The SMILES string of the molecule is COc1ccc(C(C(=O)O)N(C(C)=O)C2CC2)cc1Cl. The van der Waals surface area contributed by atoms with E-state index < -0.39 is 12.0 Å². The average molecular weight is 298 g/mol. The topological polar surface area (TPSA) is 66.8 Å². The molecule has 1 aromatic carbocycles. The Hall–Kier alpha value is -1.75. The maximum absolute atomic E-state index is 11.8. The van der Waals surface area contributed by atoms with Crippen molar-refractivity contribution in [2.75, 3.05) is 7.11 Å². The molecule has 0 radical (unpaired) electrons. The van der Waals surface area contributed by atoms with E-state index in [1.165, 1.54) is 25.0 Å². The van der Waals surface area contributed by atoms with Gasteiger partial charge in [-0.1, -0.05) is 17.7 Å². The van der Waals surface area contributed by atoms with Crippen LogP contribution in [0.2, 0.25) is 5.02 Å². The normalized spacial score (nSPS) is 15.6. The van der Waals surface area contributed by atoms with E-state index in [9.17, 15) is 14.7 Å². The van der Waals surface area contributed by atoms with Gasteiger partial charge in [0.15, 0.2) is 6.04 Å².